The third-order valence-electron chi connectivity index (χ3n) is 6.19. The van der Waals surface area contributed by atoms with Crippen LogP contribution in [0.4, 0.5) is 0 Å². The lowest BCUT2D eigenvalue weighted by atomic mass is 9.87. The van der Waals surface area contributed by atoms with Gasteiger partial charge in [0, 0.05) is 17.6 Å². The van der Waals surface area contributed by atoms with Crippen LogP contribution in [0.5, 0.6) is 11.5 Å². The van der Waals surface area contributed by atoms with E-state index in [2.05, 4.69) is 4.98 Å². The molecule has 168 valence electrons. The van der Waals surface area contributed by atoms with Gasteiger partial charge in [-0.1, -0.05) is 12.1 Å². The molecular weight excluding hydrogens is 420 g/mol. The van der Waals surface area contributed by atoms with Gasteiger partial charge in [0.05, 0.1) is 26.5 Å². The molecular formula is C26H24N2O5. The fourth-order valence-electron chi connectivity index (χ4n) is 4.58. The second kappa shape index (κ2) is 8.16. The molecule has 5 rings (SSSR count). The van der Waals surface area contributed by atoms with E-state index >= 15 is 0 Å². The molecule has 2 aromatic heterocycles. The number of fused-ring (bicyclic) bond motifs is 2. The van der Waals surface area contributed by atoms with E-state index in [1.807, 2.05) is 43.3 Å². The van der Waals surface area contributed by atoms with Gasteiger partial charge >= 0.3 is 0 Å². The lowest BCUT2D eigenvalue weighted by Crippen LogP contribution is -2.42. The average molecular weight is 444 g/mol. The van der Waals surface area contributed by atoms with E-state index in [9.17, 15) is 9.59 Å². The minimum absolute atomic E-state index is 0.233. The lowest BCUT2D eigenvalue weighted by molar-refractivity contribution is 0.0660. The zero-order valence-corrected chi connectivity index (χ0v) is 18.7. The van der Waals surface area contributed by atoms with Crippen LogP contribution in [0, 0.1) is 6.92 Å². The van der Waals surface area contributed by atoms with Gasteiger partial charge in [0.25, 0.3) is 11.5 Å². The Hall–Kier alpha value is -4.00. The third-order valence-corrected chi connectivity index (χ3v) is 6.19. The maximum Gasteiger partial charge on any atom is 0.290 e. The van der Waals surface area contributed by atoms with Crippen LogP contribution in [0.15, 0.2) is 64.0 Å². The number of carbonyl (C=O) groups excluding carboxylic acids is 1. The molecule has 1 N–H and O–H groups in total. The maximum atomic E-state index is 13.4. The zero-order chi connectivity index (χ0) is 23.1. The fourth-order valence-corrected chi connectivity index (χ4v) is 4.58. The van der Waals surface area contributed by atoms with Crippen LogP contribution in [0.25, 0.3) is 10.9 Å². The number of rotatable bonds is 4. The number of hydrogen-bond acceptors (Lipinski definition) is 5. The Morgan fingerprint density at radius 1 is 1.06 bits per heavy atom. The Labute approximate surface area is 190 Å². The summed E-state index contributed by atoms with van der Waals surface area (Å²) >= 11 is 0. The van der Waals surface area contributed by atoms with Crippen molar-refractivity contribution >= 4 is 16.8 Å². The number of nitrogens with zero attached hydrogens (tertiary/aromatic N) is 1. The van der Waals surface area contributed by atoms with E-state index in [1.165, 1.54) is 6.26 Å². The van der Waals surface area contributed by atoms with E-state index < -0.39 is 6.04 Å². The van der Waals surface area contributed by atoms with Gasteiger partial charge in [-0.05, 0) is 71.8 Å². The predicted molar refractivity (Wildman–Crippen MR) is 124 cm³/mol. The molecule has 3 heterocycles. The van der Waals surface area contributed by atoms with Crippen molar-refractivity contribution in [2.75, 3.05) is 20.8 Å². The van der Waals surface area contributed by atoms with Crippen LogP contribution in [-0.4, -0.2) is 36.6 Å². The Morgan fingerprint density at radius 2 is 1.85 bits per heavy atom. The summed E-state index contributed by atoms with van der Waals surface area (Å²) in [5.41, 5.74) is 3.90. The van der Waals surface area contributed by atoms with E-state index in [0.29, 0.717) is 30.0 Å². The number of aryl methyl sites for hydroxylation is 1. The molecule has 0 spiro atoms. The Bertz CT molecular complexity index is 1400. The van der Waals surface area contributed by atoms with Gasteiger partial charge in [0.1, 0.15) is 0 Å². The molecule has 0 bridgehead atoms. The first-order valence-electron chi connectivity index (χ1n) is 10.7. The van der Waals surface area contributed by atoms with Gasteiger partial charge in [-0.2, -0.15) is 0 Å². The van der Waals surface area contributed by atoms with Crippen LogP contribution in [0.2, 0.25) is 0 Å². The van der Waals surface area contributed by atoms with Gasteiger partial charge < -0.3 is 23.8 Å². The third kappa shape index (κ3) is 3.55. The normalized spacial score (nSPS) is 15.4. The number of H-pyrrole nitrogens is 1. The molecule has 1 aliphatic rings. The van der Waals surface area contributed by atoms with Gasteiger partial charge in [0.2, 0.25) is 0 Å². The standard InChI is InChI=1S/C26H24N2O5/c1-15-6-7-17-12-19(25(29)27-20(17)11-15)24-18-14-23(32-3)22(31-2)13-16(18)8-9-28(24)26(30)21-5-4-10-33-21/h4-7,10-14,24H,8-9H2,1-3H3,(H,27,29)/t24-/m1/s1. The van der Waals surface area contributed by atoms with Crippen molar-refractivity contribution in [1.29, 1.82) is 0 Å². The Morgan fingerprint density at radius 3 is 2.58 bits per heavy atom. The molecule has 0 saturated carbocycles. The number of hydrogen-bond donors (Lipinski definition) is 1. The highest BCUT2D eigenvalue weighted by Gasteiger charge is 2.36. The number of amides is 1. The smallest absolute Gasteiger partial charge is 0.290 e. The van der Waals surface area contributed by atoms with Gasteiger partial charge in [0.15, 0.2) is 17.3 Å². The molecule has 0 saturated heterocycles. The molecule has 7 heteroatoms. The molecule has 1 aliphatic heterocycles. The van der Waals surface area contributed by atoms with Crippen LogP contribution >= 0.6 is 0 Å². The van der Waals surface area contributed by atoms with Crippen molar-refractivity contribution in [1.82, 2.24) is 9.88 Å². The van der Waals surface area contributed by atoms with Crippen LogP contribution < -0.4 is 15.0 Å². The van der Waals surface area contributed by atoms with Gasteiger partial charge in [-0.15, -0.1) is 0 Å². The SMILES string of the molecule is COc1cc2c(cc1OC)[C@H](c1cc3ccc(C)cc3[nH]c1=O)N(C(=O)c1ccco1)CC2. The highest BCUT2D eigenvalue weighted by Crippen LogP contribution is 2.41. The van der Waals surface area contributed by atoms with Crippen molar-refractivity contribution in [3.63, 3.8) is 0 Å². The highest BCUT2D eigenvalue weighted by molar-refractivity contribution is 5.92. The first kappa shape index (κ1) is 20.9. The van der Waals surface area contributed by atoms with E-state index in [-0.39, 0.29) is 17.2 Å². The van der Waals surface area contributed by atoms with Gasteiger partial charge in [-0.25, -0.2) is 0 Å². The minimum Gasteiger partial charge on any atom is -0.493 e. The predicted octanol–water partition coefficient (Wildman–Crippen LogP) is 4.23. The summed E-state index contributed by atoms with van der Waals surface area (Å²) in [6, 6.07) is 14.3. The number of nitrogens with one attached hydrogen (secondary N) is 1. The van der Waals surface area contributed by atoms with E-state index in [0.717, 1.165) is 27.6 Å². The summed E-state index contributed by atoms with van der Waals surface area (Å²) in [7, 11) is 3.16. The monoisotopic (exact) mass is 444 g/mol. The number of carbonyl (C=O) groups is 1. The van der Waals surface area contributed by atoms with Crippen molar-refractivity contribution in [3.8, 4) is 11.5 Å². The second-order valence-corrected chi connectivity index (χ2v) is 8.18. The first-order chi connectivity index (χ1) is 16.0. The van der Waals surface area contributed by atoms with Crippen LogP contribution in [0.3, 0.4) is 0 Å². The van der Waals surface area contributed by atoms with Crippen LogP contribution in [0.1, 0.15) is 38.9 Å². The summed E-state index contributed by atoms with van der Waals surface area (Å²) in [6.45, 7) is 2.41. The van der Waals surface area contributed by atoms with Crippen molar-refractivity contribution in [3.05, 3.63) is 93.2 Å². The van der Waals surface area contributed by atoms with E-state index in [4.69, 9.17) is 13.9 Å². The number of pyridine rings is 1. The summed E-state index contributed by atoms with van der Waals surface area (Å²) < 4.78 is 16.4. The number of aromatic amines is 1. The Balaban J connectivity index is 1.74. The quantitative estimate of drug-likeness (QED) is 0.509. The maximum absolute atomic E-state index is 13.4. The minimum atomic E-state index is -0.611. The second-order valence-electron chi connectivity index (χ2n) is 8.18. The molecule has 7 nitrogen and oxygen atoms in total. The van der Waals surface area contributed by atoms with Crippen LogP contribution in [-0.2, 0) is 6.42 Å². The van der Waals surface area contributed by atoms with E-state index in [1.54, 1.807) is 31.3 Å². The molecule has 0 aliphatic carbocycles. The Kier molecular flexibility index (Phi) is 5.17. The number of aromatic nitrogens is 1. The molecule has 33 heavy (non-hydrogen) atoms. The number of ether oxygens (including phenoxy) is 2. The largest absolute Gasteiger partial charge is 0.493 e. The topological polar surface area (TPSA) is 84.8 Å². The molecule has 0 fully saturated rings. The number of furan rings is 1. The highest BCUT2D eigenvalue weighted by atomic mass is 16.5. The fraction of sp³-hybridized carbons (Fsp3) is 0.231. The molecule has 0 unspecified atom stereocenters. The van der Waals surface area contributed by atoms with Crippen molar-refractivity contribution in [2.24, 2.45) is 0 Å². The van der Waals surface area contributed by atoms with Gasteiger partial charge in [-0.3, -0.25) is 9.59 Å². The summed E-state index contributed by atoms with van der Waals surface area (Å²) in [5.74, 6) is 1.12. The summed E-state index contributed by atoms with van der Waals surface area (Å²) in [5, 5.41) is 0.896. The number of benzene rings is 2. The first-order valence-corrected chi connectivity index (χ1v) is 10.7. The summed E-state index contributed by atoms with van der Waals surface area (Å²) in [6.07, 6.45) is 2.09. The molecule has 2 aromatic carbocycles. The van der Waals surface area contributed by atoms with Crippen molar-refractivity contribution < 1.29 is 18.7 Å². The molecule has 1 atom stereocenters. The zero-order valence-electron chi connectivity index (χ0n) is 18.7. The molecule has 4 aromatic rings. The summed E-state index contributed by atoms with van der Waals surface area (Å²) in [4.78, 5) is 31.4. The molecule has 0 radical (unpaired) electrons. The lowest BCUT2D eigenvalue weighted by Gasteiger charge is -2.37. The average Bonchev–Trinajstić information content (AvgIpc) is 3.36. The van der Waals surface area contributed by atoms with Crippen molar-refractivity contribution in [2.45, 2.75) is 19.4 Å². The molecule has 1 amide bonds. The number of methoxy groups -OCH3 is 2.